The molecule has 3 rings (SSSR count). The summed E-state index contributed by atoms with van der Waals surface area (Å²) in [4.78, 5) is 12.4. The van der Waals surface area contributed by atoms with E-state index in [2.05, 4.69) is 5.32 Å². The summed E-state index contributed by atoms with van der Waals surface area (Å²) in [6.07, 6.45) is 0. The third kappa shape index (κ3) is 3.88. The van der Waals surface area contributed by atoms with E-state index in [4.69, 9.17) is 13.9 Å². The van der Waals surface area contributed by atoms with E-state index in [-0.39, 0.29) is 18.3 Å². The maximum Gasteiger partial charge on any atom is 0.291 e. The second-order valence-electron chi connectivity index (χ2n) is 5.91. The molecule has 0 fully saturated rings. The number of rotatable bonds is 6. The monoisotopic (exact) mass is 351 g/mol. The molecule has 1 amide bonds. The summed E-state index contributed by atoms with van der Waals surface area (Å²) in [6.45, 7) is 4.18. The number of amides is 1. The number of para-hydroxylation sites is 2. The van der Waals surface area contributed by atoms with Crippen LogP contribution in [0.4, 0.5) is 5.69 Å². The number of carbonyl (C=O) groups is 1. The van der Waals surface area contributed by atoms with Gasteiger partial charge in [0.25, 0.3) is 5.91 Å². The third-order valence-electron chi connectivity index (χ3n) is 4.18. The van der Waals surface area contributed by atoms with Crippen molar-refractivity contribution >= 4 is 11.6 Å². The van der Waals surface area contributed by atoms with Crippen LogP contribution in [0.15, 0.2) is 59.0 Å². The maximum absolute atomic E-state index is 12.4. The molecule has 0 aliphatic rings. The number of carbonyl (C=O) groups excluding carboxylic acids is 1. The second-order valence-corrected chi connectivity index (χ2v) is 5.91. The minimum absolute atomic E-state index is 0.205. The average molecular weight is 351 g/mol. The Morgan fingerprint density at radius 3 is 2.54 bits per heavy atom. The molecule has 0 aliphatic carbocycles. The van der Waals surface area contributed by atoms with Crippen molar-refractivity contribution in [3.63, 3.8) is 0 Å². The Labute approximate surface area is 152 Å². The number of aryl methyl sites for hydroxylation is 1. The van der Waals surface area contributed by atoms with Crippen LogP contribution in [0.25, 0.3) is 0 Å². The van der Waals surface area contributed by atoms with Gasteiger partial charge in [-0.25, -0.2) is 0 Å². The first kappa shape index (κ1) is 17.6. The van der Waals surface area contributed by atoms with Crippen LogP contribution in [-0.2, 0) is 6.61 Å². The first-order valence-corrected chi connectivity index (χ1v) is 8.30. The number of ether oxygens (including phenoxy) is 2. The van der Waals surface area contributed by atoms with Crippen molar-refractivity contribution in [2.75, 3.05) is 12.4 Å². The molecule has 2 aromatic carbocycles. The van der Waals surface area contributed by atoms with Crippen molar-refractivity contribution in [1.29, 1.82) is 0 Å². The smallest absolute Gasteiger partial charge is 0.291 e. The second kappa shape index (κ2) is 7.78. The van der Waals surface area contributed by atoms with Crippen LogP contribution in [0.1, 0.15) is 27.4 Å². The molecule has 0 radical (unpaired) electrons. The fraction of sp³-hybridized carbons (Fsp3) is 0.190. The molecule has 0 spiro atoms. The van der Waals surface area contributed by atoms with Crippen LogP contribution >= 0.6 is 0 Å². The average Bonchev–Trinajstić information content (AvgIpc) is 3.13. The van der Waals surface area contributed by atoms with Crippen LogP contribution in [0.5, 0.6) is 11.5 Å². The molecular formula is C21H21NO4. The topological polar surface area (TPSA) is 60.7 Å². The third-order valence-corrected chi connectivity index (χ3v) is 4.18. The summed E-state index contributed by atoms with van der Waals surface area (Å²) < 4.78 is 16.6. The van der Waals surface area contributed by atoms with E-state index in [1.54, 1.807) is 19.2 Å². The van der Waals surface area contributed by atoms with Gasteiger partial charge < -0.3 is 19.2 Å². The number of furan rings is 1. The highest BCUT2D eigenvalue weighted by Crippen LogP contribution is 2.27. The first-order valence-electron chi connectivity index (χ1n) is 8.30. The van der Waals surface area contributed by atoms with E-state index in [0.717, 1.165) is 16.8 Å². The molecule has 1 N–H and O–H groups in total. The zero-order valence-corrected chi connectivity index (χ0v) is 15.0. The zero-order valence-electron chi connectivity index (χ0n) is 15.0. The van der Waals surface area contributed by atoms with Crippen LogP contribution < -0.4 is 14.8 Å². The molecule has 26 heavy (non-hydrogen) atoms. The van der Waals surface area contributed by atoms with Crippen molar-refractivity contribution in [3.05, 3.63) is 77.2 Å². The summed E-state index contributed by atoms with van der Waals surface area (Å²) in [5.41, 5.74) is 2.93. The molecule has 134 valence electrons. The fourth-order valence-electron chi connectivity index (χ4n) is 2.53. The van der Waals surface area contributed by atoms with Crippen LogP contribution in [0, 0.1) is 13.8 Å². The van der Waals surface area contributed by atoms with Crippen molar-refractivity contribution in [2.45, 2.75) is 20.5 Å². The van der Waals surface area contributed by atoms with E-state index in [1.165, 1.54) is 0 Å². The van der Waals surface area contributed by atoms with Gasteiger partial charge in [-0.15, -0.1) is 0 Å². The minimum atomic E-state index is -0.290. The Balaban J connectivity index is 1.65. The van der Waals surface area contributed by atoms with Crippen LogP contribution in [0.2, 0.25) is 0 Å². The van der Waals surface area contributed by atoms with E-state index < -0.39 is 0 Å². The SMILES string of the molecule is COc1ccccc1OCc1ccc(C(=O)Nc2cccc(C)c2C)o1. The van der Waals surface area contributed by atoms with Crippen molar-refractivity contribution in [2.24, 2.45) is 0 Å². The Bertz CT molecular complexity index is 914. The molecule has 0 unspecified atom stereocenters. The summed E-state index contributed by atoms with van der Waals surface area (Å²) in [5.74, 6) is 1.77. The van der Waals surface area contributed by atoms with Crippen molar-refractivity contribution in [3.8, 4) is 11.5 Å². The number of hydrogen-bond donors (Lipinski definition) is 1. The predicted octanol–water partition coefficient (Wildman–Crippen LogP) is 4.74. The van der Waals surface area contributed by atoms with E-state index in [9.17, 15) is 4.79 Å². The van der Waals surface area contributed by atoms with Gasteiger partial charge in [-0.2, -0.15) is 0 Å². The van der Waals surface area contributed by atoms with Gasteiger partial charge in [0, 0.05) is 5.69 Å². The van der Waals surface area contributed by atoms with Gasteiger partial charge >= 0.3 is 0 Å². The number of benzene rings is 2. The van der Waals surface area contributed by atoms with Crippen LogP contribution in [0.3, 0.4) is 0 Å². The van der Waals surface area contributed by atoms with Gasteiger partial charge in [0.1, 0.15) is 12.4 Å². The molecule has 5 heteroatoms. The Hall–Kier alpha value is -3.21. The van der Waals surface area contributed by atoms with Gasteiger partial charge in [-0.1, -0.05) is 24.3 Å². The molecule has 0 aliphatic heterocycles. The number of hydrogen-bond acceptors (Lipinski definition) is 4. The fourth-order valence-corrected chi connectivity index (χ4v) is 2.53. The molecule has 0 saturated heterocycles. The number of methoxy groups -OCH3 is 1. The molecule has 5 nitrogen and oxygen atoms in total. The van der Waals surface area contributed by atoms with Gasteiger partial charge in [0.15, 0.2) is 17.3 Å². The van der Waals surface area contributed by atoms with E-state index in [0.29, 0.717) is 17.3 Å². The lowest BCUT2D eigenvalue weighted by molar-refractivity contribution is 0.0992. The van der Waals surface area contributed by atoms with E-state index in [1.807, 2.05) is 56.3 Å². The van der Waals surface area contributed by atoms with Gasteiger partial charge in [-0.3, -0.25) is 4.79 Å². The largest absolute Gasteiger partial charge is 0.493 e. The quantitative estimate of drug-likeness (QED) is 0.697. The summed E-state index contributed by atoms with van der Waals surface area (Å²) in [5, 5.41) is 2.88. The summed E-state index contributed by atoms with van der Waals surface area (Å²) in [6, 6.07) is 16.5. The predicted molar refractivity (Wildman–Crippen MR) is 99.9 cm³/mol. The molecule has 3 aromatic rings. The molecule has 0 atom stereocenters. The lowest BCUT2D eigenvalue weighted by Crippen LogP contribution is -2.12. The van der Waals surface area contributed by atoms with Gasteiger partial charge in [0.2, 0.25) is 0 Å². The molecule has 1 aromatic heterocycles. The molecule has 1 heterocycles. The molecule has 0 bridgehead atoms. The Kier molecular flexibility index (Phi) is 5.27. The van der Waals surface area contributed by atoms with Gasteiger partial charge in [-0.05, 0) is 55.3 Å². The number of nitrogens with one attached hydrogen (secondary N) is 1. The van der Waals surface area contributed by atoms with E-state index >= 15 is 0 Å². The standard InChI is InChI=1S/C21H21NO4/c1-14-7-6-8-17(15(14)2)22-21(23)20-12-11-16(26-20)13-25-19-10-5-4-9-18(19)24-3/h4-12H,13H2,1-3H3,(H,22,23). The zero-order chi connectivity index (χ0) is 18.5. The highest BCUT2D eigenvalue weighted by Gasteiger charge is 2.14. The Morgan fingerprint density at radius 2 is 1.77 bits per heavy atom. The van der Waals surface area contributed by atoms with Crippen molar-refractivity contribution < 1.29 is 18.7 Å². The highest BCUT2D eigenvalue weighted by atomic mass is 16.5. The summed E-state index contributed by atoms with van der Waals surface area (Å²) in [7, 11) is 1.59. The van der Waals surface area contributed by atoms with Crippen LogP contribution in [-0.4, -0.2) is 13.0 Å². The van der Waals surface area contributed by atoms with Crippen molar-refractivity contribution in [1.82, 2.24) is 0 Å². The summed E-state index contributed by atoms with van der Waals surface area (Å²) >= 11 is 0. The minimum Gasteiger partial charge on any atom is -0.493 e. The number of anilines is 1. The van der Waals surface area contributed by atoms with Gasteiger partial charge in [0.05, 0.1) is 7.11 Å². The maximum atomic E-state index is 12.4. The highest BCUT2D eigenvalue weighted by molar-refractivity contribution is 6.02. The first-order chi connectivity index (χ1) is 12.6. The molecular weight excluding hydrogens is 330 g/mol. The Morgan fingerprint density at radius 1 is 1.00 bits per heavy atom. The lowest BCUT2D eigenvalue weighted by atomic mass is 10.1. The normalized spacial score (nSPS) is 10.4. The molecule has 0 saturated carbocycles. The lowest BCUT2D eigenvalue weighted by Gasteiger charge is -2.09.